The molecule has 1 aliphatic heterocycles. The van der Waals surface area contributed by atoms with E-state index in [1.54, 1.807) is 0 Å². The van der Waals surface area contributed by atoms with Crippen LogP contribution in [0.5, 0.6) is 0 Å². The Morgan fingerprint density at radius 1 is 1.36 bits per heavy atom. The fourth-order valence-electron chi connectivity index (χ4n) is 3.30. The van der Waals surface area contributed by atoms with Crippen LogP contribution in [0.4, 0.5) is 0 Å². The van der Waals surface area contributed by atoms with E-state index in [-0.39, 0.29) is 0 Å². The lowest BCUT2D eigenvalue weighted by Gasteiger charge is -2.23. The van der Waals surface area contributed by atoms with Gasteiger partial charge in [-0.3, -0.25) is 0 Å². The summed E-state index contributed by atoms with van der Waals surface area (Å²) in [4.78, 5) is 4.54. The van der Waals surface area contributed by atoms with E-state index in [1.165, 1.54) is 30.8 Å². The summed E-state index contributed by atoms with van der Waals surface area (Å²) in [5, 5.41) is 3.64. The molecule has 4 heteroatoms. The summed E-state index contributed by atoms with van der Waals surface area (Å²) in [5.41, 5.74) is 1.39. The lowest BCUT2D eigenvalue weighted by molar-refractivity contribution is 0.419. The molecule has 1 aliphatic rings. The molecule has 2 aromatic heterocycles. The van der Waals surface area contributed by atoms with E-state index >= 15 is 0 Å². The highest BCUT2D eigenvalue weighted by atomic mass is 15.1. The molecular formula is C18H28N4. The standard InChI is InChI=1S/C18H28N4/c1-15(2)7-11-21-9-4-6-17(21)14-19-13-16-5-3-10-22-12-8-20-18(16)22/h4,6,8-9,12,15-16,19H,3,5,7,10-11,13-14H2,1-2H3/t16-/m0/s1. The fourth-order valence-corrected chi connectivity index (χ4v) is 3.30. The van der Waals surface area contributed by atoms with Crippen molar-refractivity contribution in [1.29, 1.82) is 0 Å². The third-order valence-electron chi connectivity index (χ3n) is 4.63. The average Bonchev–Trinajstić information content (AvgIpc) is 3.14. The molecule has 0 aliphatic carbocycles. The Hall–Kier alpha value is -1.55. The van der Waals surface area contributed by atoms with Crippen LogP contribution in [0.2, 0.25) is 0 Å². The molecule has 0 saturated carbocycles. The van der Waals surface area contributed by atoms with E-state index in [9.17, 15) is 0 Å². The number of imidazole rings is 1. The van der Waals surface area contributed by atoms with Gasteiger partial charge in [-0.15, -0.1) is 0 Å². The first-order valence-electron chi connectivity index (χ1n) is 8.60. The van der Waals surface area contributed by atoms with Gasteiger partial charge in [0.15, 0.2) is 0 Å². The number of aryl methyl sites for hydroxylation is 2. The van der Waals surface area contributed by atoms with Crippen LogP contribution in [-0.4, -0.2) is 20.7 Å². The molecule has 0 radical (unpaired) electrons. The highest BCUT2D eigenvalue weighted by molar-refractivity contribution is 5.08. The number of nitrogens with one attached hydrogen (secondary N) is 1. The Labute approximate surface area is 133 Å². The molecule has 0 saturated heterocycles. The molecular weight excluding hydrogens is 272 g/mol. The van der Waals surface area contributed by atoms with Crippen molar-refractivity contribution in [1.82, 2.24) is 19.4 Å². The van der Waals surface area contributed by atoms with Crippen LogP contribution in [0.25, 0.3) is 0 Å². The van der Waals surface area contributed by atoms with Crippen molar-refractivity contribution in [2.45, 2.75) is 58.7 Å². The summed E-state index contributed by atoms with van der Waals surface area (Å²) in [6, 6.07) is 4.39. The van der Waals surface area contributed by atoms with Crippen molar-refractivity contribution in [3.8, 4) is 0 Å². The Balaban J connectivity index is 1.51. The summed E-state index contributed by atoms with van der Waals surface area (Å²) in [6.07, 6.45) is 10.00. The number of nitrogens with zero attached hydrogens (tertiary/aromatic N) is 3. The molecule has 22 heavy (non-hydrogen) atoms. The zero-order valence-electron chi connectivity index (χ0n) is 13.8. The summed E-state index contributed by atoms with van der Waals surface area (Å²) in [5.74, 6) is 2.57. The van der Waals surface area contributed by atoms with Gasteiger partial charge in [-0.25, -0.2) is 4.98 Å². The average molecular weight is 300 g/mol. The lowest BCUT2D eigenvalue weighted by atomic mass is 9.99. The molecule has 120 valence electrons. The summed E-state index contributed by atoms with van der Waals surface area (Å²) in [6.45, 7) is 8.79. The van der Waals surface area contributed by atoms with Gasteiger partial charge in [0, 0.05) is 56.4 Å². The van der Waals surface area contributed by atoms with Crippen LogP contribution >= 0.6 is 0 Å². The molecule has 3 rings (SSSR count). The Morgan fingerprint density at radius 3 is 3.14 bits per heavy atom. The molecule has 1 N–H and O–H groups in total. The van der Waals surface area contributed by atoms with Crippen molar-refractivity contribution in [2.75, 3.05) is 6.54 Å². The van der Waals surface area contributed by atoms with Gasteiger partial charge in [0.2, 0.25) is 0 Å². The number of hydrogen-bond donors (Lipinski definition) is 1. The van der Waals surface area contributed by atoms with Crippen LogP contribution in [0.1, 0.15) is 50.5 Å². The highest BCUT2D eigenvalue weighted by Crippen LogP contribution is 2.24. The maximum Gasteiger partial charge on any atom is 0.113 e. The third-order valence-corrected chi connectivity index (χ3v) is 4.63. The van der Waals surface area contributed by atoms with Crippen LogP contribution in [0.3, 0.4) is 0 Å². The summed E-state index contributed by atoms with van der Waals surface area (Å²) >= 11 is 0. The van der Waals surface area contributed by atoms with Crippen molar-refractivity contribution in [3.63, 3.8) is 0 Å². The maximum absolute atomic E-state index is 4.54. The normalized spacial score (nSPS) is 17.9. The molecule has 1 atom stereocenters. The molecule has 0 amide bonds. The van der Waals surface area contributed by atoms with Crippen molar-refractivity contribution >= 4 is 0 Å². The molecule has 0 bridgehead atoms. The van der Waals surface area contributed by atoms with Crippen molar-refractivity contribution < 1.29 is 0 Å². The van der Waals surface area contributed by atoms with Crippen LogP contribution < -0.4 is 5.32 Å². The Kier molecular flexibility index (Phi) is 4.98. The molecule has 2 aromatic rings. The second-order valence-corrected chi connectivity index (χ2v) is 6.82. The predicted molar refractivity (Wildman–Crippen MR) is 89.8 cm³/mol. The van der Waals surface area contributed by atoms with Gasteiger partial charge in [-0.1, -0.05) is 13.8 Å². The molecule has 4 nitrogen and oxygen atoms in total. The zero-order chi connectivity index (χ0) is 15.4. The van der Waals surface area contributed by atoms with Crippen molar-refractivity contribution in [3.05, 3.63) is 42.2 Å². The SMILES string of the molecule is CC(C)CCn1cccc1CNC[C@@H]1CCCn2ccnc21. The van der Waals surface area contributed by atoms with E-state index in [0.717, 1.165) is 32.1 Å². The third kappa shape index (κ3) is 3.61. The summed E-state index contributed by atoms with van der Waals surface area (Å²) in [7, 11) is 0. The van der Waals surface area contributed by atoms with E-state index in [1.807, 2.05) is 6.20 Å². The van der Waals surface area contributed by atoms with Crippen LogP contribution in [-0.2, 0) is 19.6 Å². The fraction of sp³-hybridized carbons (Fsp3) is 0.611. The van der Waals surface area contributed by atoms with Gasteiger partial charge in [-0.2, -0.15) is 0 Å². The monoisotopic (exact) mass is 300 g/mol. The summed E-state index contributed by atoms with van der Waals surface area (Å²) < 4.78 is 4.69. The Morgan fingerprint density at radius 2 is 2.27 bits per heavy atom. The molecule has 0 unspecified atom stereocenters. The second kappa shape index (κ2) is 7.14. The van der Waals surface area contributed by atoms with Crippen LogP contribution in [0, 0.1) is 5.92 Å². The van der Waals surface area contributed by atoms with E-state index in [0.29, 0.717) is 5.92 Å². The molecule has 0 aromatic carbocycles. The maximum atomic E-state index is 4.54. The first kappa shape index (κ1) is 15.3. The number of aromatic nitrogens is 3. The largest absolute Gasteiger partial charge is 0.350 e. The second-order valence-electron chi connectivity index (χ2n) is 6.82. The number of hydrogen-bond acceptors (Lipinski definition) is 2. The molecule has 0 fully saturated rings. The smallest absolute Gasteiger partial charge is 0.113 e. The van der Waals surface area contributed by atoms with E-state index < -0.39 is 0 Å². The van der Waals surface area contributed by atoms with Gasteiger partial charge >= 0.3 is 0 Å². The predicted octanol–water partition coefficient (Wildman–Crippen LogP) is 3.40. The topological polar surface area (TPSA) is 34.8 Å². The van der Waals surface area contributed by atoms with Gasteiger partial charge in [0.1, 0.15) is 5.82 Å². The highest BCUT2D eigenvalue weighted by Gasteiger charge is 2.20. The van der Waals surface area contributed by atoms with Gasteiger partial charge in [-0.05, 0) is 37.3 Å². The van der Waals surface area contributed by atoms with E-state index in [2.05, 4.69) is 57.8 Å². The Bertz CT molecular complexity index is 581. The number of fused-ring (bicyclic) bond motifs is 1. The van der Waals surface area contributed by atoms with Gasteiger partial charge in [0.25, 0.3) is 0 Å². The van der Waals surface area contributed by atoms with Crippen molar-refractivity contribution in [2.24, 2.45) is 5.92 Å². The minimum atomic E-state index is 0.558. The van der Waals surface area contributed by atoms with Gasteiger partial charge < -0.3 is 14.5 Å². The van der Waals surface area contributed by atoms with Gasteiger partial charge in [0.05, 0.1) is 0 Å². The first-order valence-corrected chi connectivity index (χ1v) is 8.60. The van der Waals surface area contributed by atoms with Crippen LogP contribution in [0.15, 0.2) is 30.7 Å². The zero-order valence-corrected chi connectivity index (χ0v) is 13.8. The quantitative estimate of drug-likeness (QED) is 0.850. The lowest BCUT2D eigenvalue weighted by Crippen LogP contribution is -2.27. The molecule has 3 heterocycles. The first-order chi connectivity index (χ1) is 10.7. The van der Waals surface area contributed by atoms with E-state index in [4.69, 9.17) is 0 Å². The minimum absolute atomic E-state index is 0.558. The molecule has 0 spiro atoms. The minimum Gasteiger partial charge on any atom is -0.350 e. The number of rotatable bonds is 7.